The van der Waals surface area contributed by atoms with Crippen LogP contribution in [0.15, 0.2) is 103 Å². The van der Waals surface area contributed by atoms with Gasteiger partial charge in [0.15, 0.2) is 0 Å². The summed E-state index contributed by atoms with van der Waals surface area (Å²) < 4.78 is 0. The lowest BCUT2D eigenvalue weighted by atomic mass is 10.0. The Labute approximate surface area is 151 Å². The van der Waals surface area contributed by atoms with Gasteiger partial charge >= 0.3 is 0 Å². The maximum Gasteiger partial charge on any atom is 0.121 e. The van der Waals surface area contributed by atoms with E-state index in [1.807, 2.05) is 0 Å². The number of hydrogen-bond donors (Lipinski definition) is 0. The Bertz CT molecular complexity index is 900. The summed E-state index contributed by atoms with van der Waals surface area (Å²) in [5.74, 6) is 0. The predicted octanol–water partition coefficient (Wildman–Crippen LogP) is 4.69. The van der Waals surface area contributed by atoms with Crippen LogP contribution in [0, 0.1) is 0 Å². The van der Waals surface area contributed by atoms with E-state index < -0.39 is 8.80 Å². The number of aryl methyl sites for hydroxylation is 1. The summed E-state index contributed by atoms with van der Waals surface area (Å²) in [6.45, 7) is 0. The van der Waals surface area contributed by atoms with E-state index in [-0.39, 0.29) is 0 Å². The van der Waals surface area contributed by atoms with Crippen molar-refractivity contribution in [2.75, 3.05) is 0 Å². The molecular weight excluding hydrogens is 316 g/mol. The van der Waals surface area contributed by atoms with Gasteiger partial charge in [0.2, 0.25) is 0 Å². The minimum absolute atomic E-state index is 0.765. The van der Waals surface area contributed by atoms with Crippen molar-refractivity contribution in [3.63, 3.8) is 0 Å². The van der Waals surface area contributed by atoms with E-state index in [0.717, 1.165) is 6.42 Å². The van der Waals surface area contributed by atoms with Crippen LogP contribution < -0.4 is 10.4 Å². The molecular formula is C24H21Si. The third kappa shape index (κ3) is 3.57. The van der Waals surface area contributed by atoms with Gasteiger partial charge in [-0.15, -0.1) is 0 Å². The third-order valence-corrected chi connectivity index (χ3v) is 7.58. The Balaban J connectivity index is 1.65. The fraction of sp³-hybridized carbons (Fsp3) is 0.0833. The van der Waals surface area contributed by atoms with E-state index in [0.29, 0.717) is 0 Å². The topological polar surface area (TPSA) is 0 Å². The zero-order valence-electron chi connectivity index (χ0n) is 14.2. The Kier molecular flexibility index (Phi) is 4.76. The normalized spacial score (nSPS) is 11.1. The van der Waals surface area contributed by atoms with Crippen LogP contribution in [-0.4, -0.2) is 8.80 Å². The first-order valence-electron chi connectivity index (χ1n) is 8.85. The van der Waals surface area contributed by atoms with Crippen molar-refractivity contribution in [3.8, 4) is 0 Å². The van der Waals surface area contributed by atoms with Crippen molar-refractivity contribution in [1.82, 2.24) is 0 Å². The lowest BCUT2D eigenvalue weighted by Crippen LogP contribution is -2.42. The average molecular weight is 338 g/mol. The van der Waals surface area contributed by atoms with Gasteiger partial charge in [-0.3, -0.25) is 0 Å². The van der Waals surface area contributed by atoms with Gasteiger partial charge in [-0.05, 0) is 28.8 Å². The van der Waals surface area contributed by atoms with Crippen molar-refractivity contribution in [1.29, 1.82) is 0 Å². The minimum Gasteiger partial charge on any atom is -0.0628 e. The van der Waals surface area contributed by atoms with Crippen molar-refractivity contribution < 1.29 is 0 Å². The number of fused-ring (bicyclic) bond motifs is 1. The molecule has 0 aliphatic heterocycles. The highest BCUT2D eigenvalue weighted by Gasteiger charge is 2.16. The summed E-state index contributed by atoms with van der Waals surface area (Å²) in [4.78, 5) is 0. The summed E-state index contributed by atoms with van der Waals surface area (Å²) in [7, 11) is -0.765. The van der Waals surface area contributed by atoms with E-state index in [2.05, 4.69) is 103 Å². The molecule has 0 bridgehead atoms. The molecule has 4 aromatic carbocycles. The van der Waals surface area contributed by atoms with E-state index in [4.69, 9.17) is 0 Å². The first kappa shape index (κ1) is 15.9. The van der Waals surface area contributed by atoms with Crippen molar-refractivity contribution in [2.45, 2.75) is 12.5 Å². The van der Waals surface area contributed by atoms with Gasteiger partial charge in [0, 0.05) is 0 Å². The van der Waals surface area contributed by atoms with Gasteiger partial charge in [-0.1, -0.05) is 114 Å². The van der Waals surface area contributed by atoms with Gasteiger partial charge in [0.1, 0.15) is 8.80 Å². The second-order valence-electron chi connectivity index (χ2n) is 6.35. The van der Waals surface area contributed by atoms with Crippen LogP contribution in [0.1, 0.15) is 5.56 Å². The molecule has 0 aromatic heterocycles. The van der Waals surface area contributed by atoms with Gasteiger partial charge in [0.25, 0.3) is 0 Å². The molecule has 1 heteroatoms. The van der Waals surface area contributed by atoms with E-state index in [9.17, 15) is 0 Å². The highest BCUT2D eigenvalue weighted by molar-refractivity contribution is 6.85. The summed E-state index contributed by atoms with van der Waals surface area (Å²) in [6.07, 6.45) is 1.12. The molecule has 0 aliphatic carbocycles. The Morgan fingerprint density at radius 3 is 1.76 bits per heavy atom. The molecule has 4 rings (SSSR count). The molecule has 0 heterocycles. The molecule has 0 nitrogen and oxygen atoms in total. The van der Waals surface area contributed by atoms with Crippen LogP contribution in [0.5, 0.6) is 0 Å². The van der Waals surface area contributed by atoms with Crippen LogP contribution >= 0.6 is 0 Å². The average Bonchev–Trinajstić information content (AvgIpc) is 2.70. The molecule has 0 aliphatic rings. The lowest BCUT2D eigenvalue weighted by Gasteiger charge is -2.17. The number of hydrogen-bond acceptors (Lipinski definition) is 0. The molecule has 0 saturated heterocycles. The largest absolute Gasteiger partial charge is 0.121 e. The first-order valence-corrected chi connectivity index (χ1v) is 10.6. The molecule has 0 spiro atoms. The predicted molar refractivity (Wildman–Crippen MR) is 110 cm³/mol. The smallest absolute Gasteiger partial charge is 0.0628 e. The lowest BCUT2D eigenvalue weighted by molar-refractivity contribution is 1.14. The standard InChI is InChI=1S/C24H21Si/c1-3-13-22(14-4-1)25(23-15-5-2-6-16-23)19-18-21-12-9-11-20-10-7-8-17-24(20)21/h1-17H,18-19H2. The van der Waals surface area contributed by atoms with E-state index >= 15 is 0 Å². The van der Waals surface area contributed by atoms with Crippen molar-refractivity contribution >= 4 is 29.9 Å². The monoisotopic (exact) mass is 337 g/mol. The molecule has 0 fully saturated rings. The fourth-order valence-corrected chi connectivity index (χ4v) is 6.12. The molecule has 0 N–H and O–H groups in total. The van der Waals surface area contributed by atoms with Crippen molar-refractivity contribution in [3.05, 3.63) is 109 Å². The highest BCUT2D eigenvalue weighted by Crippen LogP contribution is 2.20. The second-order valence-corrected chi connectivity index (χ2v) is 8.96. The molecule has 0 atom stereocenters. The maximum atomic E-state index is 2.30. The highest BCUT2D eigenvalue weighted by atomic mass is 28.3. The van der Waals surface area contributed by atoms with Crippen LogP contribution in [0.2, 0.25) is 6.04 Å². The van der Waals surface area contributed by atoms with Gasteiger partial charge < -0.3 is 0 Å². The zero-order valence-corrected chi connectivity index (χ0v) is 15.2. The number of benzene rings is 4. The molecule has 25 heavy (non-hydrogen) atoms. The van der Waals surface area contributed by atoms with Crippen LogP contribution in [0.25, 0.3) is 10.8 Å². The molecule has 0 unspecified atom stereocenters. The summed E-state index contributed by atoms with van der Waals surface area (Å²) in [6, 6.07) is 38.7. The summed E-state index contributed by atoms with van der Waals surface area (Å²) in [5, 5.41) is 5.73. The molecule has 121 valence electrons. The maximum absolute atomic E-state index is 2.30. The fourth-order valence-electron chi connectivity index (χ4n) is 3.50. The zero-order chi connectivity index (χ0) is 16.9. The summed E-state index contributed by atoms with van der Waals surface area (Å²) in [5.41, 5.74) is 1.47. The molecule has 1 radical (unpaired) electrons. The van der Waals surface area contributed by atoms with E-state index in [1.165, 1.54) is 32.8 Å². The SMILES string of the molecule is c1ccc([Si](CCc2cccc3ccccc23)c2ccccc2)cc1. The van der Waals surface area contributed by atoms with Gasteiger partial charge in [0.05, 0.1) is 0 Å². The van der Waals surface area contributed by atoms with E-state index in [1.54, 1.807) is 0 Å². The number of rotatable bonds is 5. The molecule has 4 aromatic rings. The third-order valence-electron chi connectivity index (χ3n) is 4.77. The van der Waals surface area contributed by atoms with Gasteiger partial charge in [-0.2, -0.15) is 0 Å². The van der Waals surface area contributed by atoms with Crippen LogP contribution in [0.3, 0.4) is 0 Å². The Morgan fingerprint density at radius 2 is 1.08 bits per heavy atom. The summed E-state index contributed by atoms with van der Waals surface area (Å²) >= 11 is 0. The Morgan fingerprint density at radius 1 is 0.520 bits per heavy atom. The minimum atomic E-state index is -0.765. The molecule has 0 amide bonds. The van der Waals surface area contributed by atoms with Crippen LogP contribution in [0.4, 0.5) is 0 Å². The molecule has 0 saturated carbocycles. The first-order chi connectivity index (χ1) is 12.4. The Hall–Kier alpha value is -2.64. The van der Waals surface area contributed by atoms with Crippen molar-refractivity contribution in [2.24, 2.45) is 0 Å². The van der Waals surface area contributed by atoms with Gasteiger partial charge in [-0.25, -0.2) is 0 Å². The quantitative estimate of drug-likeness (QED) is 0.463. The van der Waals surface area contributed by atoms with Crippen LogP contribution in [-0.2, 0) is 6.42 Å². The second kappa shape index (κ2) is 7.50.